The third kappa shape index (κ3) is 6.12. The van der Waals surface area contributed by atoms with Crippen molar-refractivity contribution in [1.82, 2.24) is 9.80 Å². The molecule has 1 aliphatic heterocycles. The summed E-state index contributed by atoms with van der Waals surface area (Å²) in [5, 5.41) is 9.34. The summed E-state index contributed by atoms with van der Waals surface area (Å²) in [6.07, 6.45) is 1.41. The number of benzene rings is 2. The summed E-state index contributed by atoms with van der Waals surface area (Å²) in [6.45, 7) is -3.12. The van der Waals surface area contributed by atoms with Crippen LogP contribution in [0.3, 0.4) is 0 Å². The van der Waals surface area contributed by atoms with Crippen LogP contribution in [-0.4, -0.2) is 57.3 Å². The summed E-state index contributed by atoms with van der Waals surface area (Å²) < 4.78 is 30.0. The Kier molecular flexibility index (Phi) is 8.32. The summed E-state index contributed by atoms with van der Waals surface area (Å²) in [7, 11) is 0. The first kappa shape index (κ1) is 23.8. The van der Waals surface area contributed by atoms with Gasteiger partial charge in [0.15, 0.2) is 0 Å². The highest BCUT2D eigenvalue weighted by atomic mass is 32.2. The molecule has 2 aromatic rings. The van der Waals surface area contributed by atoms with E-state index in [1.54, 1.807) is 12.1 Å². The van der Waals surface area contributed by atoms with Gasteiger partial charge in [-0.1, -0.05) is 72.5 Å². The van der Waals surface area contributed by atoms with E-state index in [0.717, 1.165) is 17.3 Å². The van der Waals surface area contributed by atoms with Crippen LogP contribution in [0.4, 0.5) is 8.78 Å². The van der Waals surface area contributed by atoms with Gasteiger partial charge in [0.1, 0.15) is 16.6 Å². The van der Waals surface area contributed by atoms with Crippen LogP contribution in [0.2, 0.25) is 0 Å². The van der Waals surface area contributed by atoms with Gasteiger partial charge in [-0.15, -0.1) is 0 Å². The minimum atomic E-state index is -3.00. The molecule has 0 aliphatic carbocycles. The molecule has 0 radical (unpaired) electrons. The van der Waals surface area contributed by atoms with Gasteiger partial charge in [-0.3, -0.25) is 14.5 Å². The number of alkyl halides is 2. The Labute approximate surface area is 193 Å². The molecule has 1 heterocycles. The quantitative estimate of drug-likeness (QED) is 0.440. The molecule has 168 valence electrons. The molecule has 1 saturated heterocycles. The number of rotatable bonds is 9. The average molecular weight is 479 g/mol. The van der Waals surface area contributed by atoms with Gasteiger partial charge >= 0.3 is 6.61 Å². The SMILES string of the molecule is O=C(CN1C(=O)/C(=C/c2ccccc2OC(F)F)SC1=S)N(CCO)Cc1ccccc1. The van der Waals surface area contributed by atoms with Gasteiger partial charge < -0.3 is 14.7 Å². The van der Waals surface area contributed by atoms with E-state index in [1.165, 1.54) is 28.0 Å². The minimum Gasteiger partial charge on any atom is -0.434 e. The summed E-state index contributed by atoms with van der Waals surface area (Å²) in [6, 6.07) is 15.4. The number of thioether (sulfide) groups is 1. The molecule has 1 N–H and O–H groups in total. The molecular formula is C22H20F2N2O4S2. The molecule has 2 aromatic carbocycles. The van der Waals surface area contributed by atoms with Gasteiger partial charge in [-0.25, -0.2) is 0 Å². The van der Waals surface area contributed by atoms with E-state index in [1.807, 2.05) is 30.3 Å². The van der Waals surface area contributed by atoms with E-state index in [2.05, 4.69) is 4.74 Å². The van der Waals surface area contributed by atoms with E-state index in [4.69, 9.17) is 12.2 Å². The van der Waals surface area contributed by atoms with Crippen LogP contribution in [0.5, 0.6) is 5.75 Å². The van der Waals surface area contributed by atoms with Crippen LogP contribution in [0.25, 0.3) is 6.08 Å². The number of aliphatic hydroxyl groups is 1. The fraction of sp³-hybridized carbons (Fsp3) is 0.227. The normalized spacial score (nSPS) is 15.0. The number of nitrogens with zero attached hydrogens (tertiary/aromatic N) is 2. The number of thiocarbonyl (C=S) groups is 1. The zero-order valence-electron chi connectivity index (χ0n) is 16.8. The van der Waals surface area contributed by atoms with E-state index < -0.39 is 12.5 Å². The lowest BCUT2D eigenvalue weighted by Crippen LogP contribution is -2.42. The fourth-order valence-electron chi connectivity index (χ4n) is 3.03. The van der Waals surface area contributed by atoms with Gasteiger partial charge in [0.25, 0.3) is 5.91 Å². The number of carbonyl (C=O) groups excluding carboxylic acids is 2. The highest BCUT2D eigenvalue weighted by Crippen LogP contribution is 2.34. The molecule has 32 heavy (non-hydrogen) atoms. The zero-order chi connectivity index (χ0) is 23.1. The Balaban J connectivity index is 1.74. The standard InChI is InChI=1S/C22H20F2N2O4S2/c23-21(24)30-17-9-5-4-8-16(17)12-18-20(29)26(22(31)32-18)14-19(28)25(10-11-27)13-15-6-2-1-3-7-15/h1-9,12,21,27H,10-11,13-14H2/b18-12-. The Morgan fingerprint density at radius 1 is 1.19 bits per heavy atom. The maximum absolute atomic E-state index is 12.9. The maximum atomic E-state index is 12.9. The largest absolute Gasteiger partial charge is 0.434 e. The number of hydrogen-bond donors (Lipinski definition) is 1. The topological polar surface area (TPSA) is 70.1 Å². The highest BCUT2D eigenvalue weighted by molar-refractivity contribution is 8.26. The highest BCUT2D eigenvalue weighted by Gasteiger charge is 2.34. The molecule has 2 amide bonds. The van der Waals surface area contributed by atoms with Crippen molar-refractivity contribution < 1.29 is 28.2 Å². The number of amides is 2. The van der Waals surface area contributed by atoms with Crippen molar-refractivity contribution in [2.75, 3.05) is 19.7 Å². The van der Waals surface area contributed by atoms with Gasteiger partial charge in [0.05, 0.1) is 11.5 Å². The van der Waals surface area contributed by atoms with Gasteiger partial charge in [0.2, 0.25) is 5.91 Å². The number of carbonyl (C=O) groups is 2. The number of para-hydroxylation sites is 1. The van der Waals surface area contributed by atoms with Crippen molar-refractivity contribution in [3.8, 4) is 5.75 Å². The van der Waals surface area contributed by atoms with Crippen molar-refractivity contribution in [3.63, 3.8) is 0 Å². The van der Waals surface area contributed by atoms with Crippen molar-refractivity contribution >= 4 is 46.2 Å². The van der Waals surface area contributed by atoms with E-state index >= 15 is 0 Å². The zero-order valence-corrected chi connectivity index (χ0v) is 18.5. The third-order valence-electron chi connectivity index (χ3n) is 4.53. The molecule has 3 rings (SSSR count). The molecule has 0 unspecified atom stereocenters. The Bertz CT molecular complexity index is 1020. The second-order valence-corrected chi connectivity index (χ2v) is 8.38. The Morgan fingerprint density at radius 3 is 2.56 bits per heavy atom. The summed E-state index contributed by atoms with van der Waals surface area (Å²) >= 11 is 6.25. The summed E-state index contributed by atoms with van der Waals surface area (Å²) in [5.41, 5.74) is 1.18. The number of aliphatic hydroxyl groups excluding tert-OH is 1. The number of halogens is 2. The molecule has 10 heteroatoms. The van der Waals surface area contributed by atoms with Crippen molar-refractivity contribution in [1.29, 1.82) is 0 Å². The first-order valence-corrected chi connectivity index (χ1v) is 10.8. The lowest BCUT2D eigenvalue weighted by Gasteiger charge is -2.24. The van der Waals surface area contributed by atoms with Crippen molar-refractivity contribution in [2.24, 2.45) is 0 Å². The second-order valence-electron chi connectivity index (χ2n) is 6.71. The lowest BCUT2D eigenvalue weighted by molar-refractivity contribution is -0.136. The first-order valence-electron chi connectivity index (χ1n) is 9.61. The average Bonchev–Trinajstić information content (AvgIpc) is 3.02. The van der Waals surface area contributed by atoms with Gasteiger partial charge in [0, 0.05) is 18.7 Å². The van der Waals surface area contributed by atoms with Crippen LogP contribution in [0.15, 0.2) is 59.5 Å². The van der Waals surface area contributed by atoms with Crippen LogP contribution in [-0.2, 0) is 16.1 Å². The second kappa shape index (κ2) is 11.2. The van der Waals surface area contributed by atoms with Crippen LogP contribution in [0, 0.1) is 0 Å². The Hall–Kier alpha value is -2.82. The molecule has 1 fully saturated rings. The molecule has 0 aromatic heterocycles. The number of hydrogen-bond acceptors (Lipinski definition) is 6. The Morgan fingerprint density at radius 2 is 1.88 bits per heavy atom. The predicted molar refractivity (Wildman–Crippen MR) is 122 cm³/mol. The third-order valence-corrected chi connectivity index (χ3v) is 5.91. The molecule has 1 aliphatic rings. The predicted octanol–water partition coefficient (Wildman–Crippen LogP) is 3.51. The maximum Gasteiger partial charge on any atom is 0.387 e. The lowest BCUT2D eigenvalue weighted by atomic mass is 10.2. The smallest absolute Gasteiger partial charge is 0.387 e. The van der Waals surface area contributed by atoms with Crippen molar-refractivity contribution in [3.05, 3.63) is 70.6 Å². The van der Waals surface area contributed by atoms with Crippen LogP contribution in [0.1, 0.15) is 11.1 Å². The summed E-state index contributed by atoms with van der Waals surface area (Å²) in [4.78, 5) is 28.5. The fourth-order valence-corrected chi connectivity index (χ4v) is 4.28. The van der Waals surface area contributed by atoms with E-state index in [0.29, 0.717) is 5.56 Å². The van der Waals surface area contributed by atoms with Crippen LogP contribution < -0.4 is 4.74 Å². The van der Waals surface area contributed by atoms with Gasteiger partial charge in [-0.2, -0.15) is 8.78 Å². The monoisotopic (exact) mass is 478 g/mol. The van der Waals surface area contributed by atoms with Crippen molar-refractivity contribution in [2.45, 2.75) is 13.2 Å². The summed E-state index contributed by atoms with van der Waals surface area (Å²) in [5.74, 6) is -0.938. The van der Waals surface area contributed by atoms with E-state index in [9.17, 15) is 23.5 Å². The molecule has 0 atom stereocenters. The first-order chi connectivity index (χ1) is 15.4. The molecular weight excluding hydrogens is 458 g/mol. The molecule has 6 nitrogen and oxygen atoms in total. The van der Waals surface area contributed by atoms with Crippen LogP contribution >= 0.6 is 24.0 Å². The molecule has 0 spiro atoms. The van der Waals surface area contributed by atoms with Gasteiger partial charge in [-0.05, 0) is 17.7 Å². The van der Waals surface area contributed by atoms with E-state index in [-0.39, 0.29) is 47.1 Å². The number of ether oxygens (including phenoxy) is 1. The molecule has 0 bridgehead atoms. The molecule has 0 saturated carbocycles. The minimum absolute atomic E-state index is 0.0687.